The van der Waals surface area contributed by atoms with Crippen molar-refractivity contribution in [3.05, 3.63) is 38.3 Å². The Labute approximate surface area is 109 Å². The van der Waals surface area contributed by atoms with Crippen LogP contribution in [0.15, 0.2) is 22.7 Å². The first-order valence-corrected chi connectivity index (χ1v) is 5.99. The van der Waals surface area contributed by atoms with Gasteiger partial charge in [0.1, 0.15) is 0 Å². The molecule has 0 aromatic heterocycles. The monoisotopic (exact) mass is 296 g/mol. The number of terminal acetylenes is 1. The van der Waals surface area contributed by atoms with Gasteiger partial charge in [0.15, 0.2) is 0 Å². The number of hydrogen-bond acceptors (Lipinski definition) is 3. The SMILES string of the molecule is C#CC(CC)NCc1cc(Br)cc([N+](=O)[O-])c1. The van der Waals surface area contributed by atoms with Gasteiger partial charge in [-0.2, -0.15) is 0 Å². The van der Waals surface area contributed by atoms with Crippen LogP contribution in [-0.4, -0.2) is 11.0 Å². The van der Waals surface area contributed by atoms with E-state index in [1.807, 2.05) is 13.0 Å². The van der Waals surface area contributed by atoms with Crippen molar-refractivity contribution in [2.45, 2.75) is 25.9 Å². The second kappa shape index (κ2) is 6.38. The molecule has 1 aromatic carbocycles. The molecule has 0 aliphatic heterocycles. The van der Waals surface area contributed by atoms with Crippen molar-refractivity contribution in [1.82, 2.24) is 5.32 Å². The molecule has 0 spiro atoms. The van der Waals surface area contributed by atoms with Gasteiger partial charge in [-0.15, -0.1) is 6.42 Å². The molecule has 1 atom stereocenters. The molecule has 1 N–H and O–H groups in total. The van der Waals surface area contributed by atoms with E-state index in [4.69, 9.17) is 6.42 Å². The molecule has 0 aliphatic rings. The lowest BCUT2D eigenvalue weighted by Crippen LogP contribution is -2.26. The first-order chi connectivity index (χ1) is 8.06. The second-order valence-electron chi connectivity index (χ2n) is 3.58. The van der Waals surface area contributed by atoms with E-state index in [0.29, 0.717) is 11.0 Å². The molecule has 17 heavy (non-hydrogen) atoms. The molecular formula is C12H13BrN2O2. The van der Waals surface area contributed by atoms with Gasteiger partial charge in [-0.25, -0.2) is 0 Å². The molecule has 0 saturated heterocycles. The fourth-order valence-electron chi connectivity index (χ4n) is 1.40. The minimum atomic E-state index is -0.410. The molecular weight excluding hydrogens is 284 g/mol. The number of non-ortho nitro benzene ring substituents is 1. The summed E-state index contributed by atoms with van der Waals surface area (Å²) in [6.07, 6.45) is 6.15. The van der Waals surface area contributed by atoms with Crippen molar-refractivity contribution in [2.24, 2.45) is 0 Å². The largest absolute Gasteiger partial charge is 0.300 e. The third-order valence-corrected chi connectivity index (χ3v) is 2.77. The Morgan fingerprint density at radius 1 is 1.59 bits per heavy atom. The zero-order chi connectivity index (χ0) is 12.8. The summed E-state index contributed by atoms with van der Waals surface area (Å²) in [4.78, 5) is 10.3. The lowest BCUT2D eigenvalue weighted by molar-refractivity contribution is -0.385. The maximum atomic E-state index is 10.7. The molecule has 0 aliphatic carbocycles. The molecule has 0 heterocycles. The molecule has 5 heteroatoms. The highest BCUT2D eigenvalue weighted by Gasteiger charge is 2.09. The molecule has 0 radical (unpaired) electrons. The van der Waals surface area contributed by atoms with Crippen LogP contribution in [0.5, 0.6) is 0 Å². The number of halogens is 1. The van der Waals surface area contributed by atoms with E-state index in [-0.39, 0.29) is 11.7 Å². The van der Waals surface area contributed by atoms with E-state index < -0.39 is 4.92 Å². The summed E-state index contributed by atoms with van der Waals surface area (Å²) in [5, 5.41) is 13.8. The maximum Gasteiger partial charge on any atom is 0.270 e. The molecule has 90 valence electrons. The van der Waals surface area contributed by atoms with Crippen LogP contribution in [0.1, 0.15) is 18.9 Å². The second-order valence-corrected chi connectivity index (χ2v) is 4.50. The summed E-state index contributed by atoms with van der Waals surface area (Å²) in [5.41, 5.74) is 0.907. The quantitative estimate of drug-likeness (QED) is 0.516. The van der Waals surface area contributed by atoms with Gasteiger partial charge < -0.3 is 0 Å². The average Bonchev–Trinajstić information content (AvgIpc) is 2.29. The molecule has 0 fully saturated rings. The van der Waals surface area contributed by atoms with Crippen molar-refractivity contribution in [2.75, 3.05) is 0 Å². The minimum Gasteiger partial charge on any atom is -0.300 e. The van der Waals surface area contributed by atoms with Crippen LogP contribution in [0.25, 0.3) is 0 Å². The third kappa shape index (κ3) is 4.17. The zero-order valence-corrected chi connectivity index (χ0v) is 11.0. The Bertz CT molecular complexity index is 454. The Morgan fingerprint density at radius 3 is 2.82 bits per heavy atom. The number of hydrogen-bond donors (Lipinski definition) is 1. The van der Waals surface area contributed by atoms with Gasteiger partial charge >= 0.3 is 0 Å². The van der Waals surface area contributed by atoms with Gasteiger partial charge in [0.25, 0.3) is 5.69 Å². The highest BCUT2D eigenvalue weighted by atomic mass is 79.9. The van der Waals surface area contributed by atoms with Crippen LogP contribution >= 0.6 is 15.9 Å². The molecule has 0 bridgehead atoms. The Balaban J connectivity index is 2.78. The Morgan fingerprint density at radius 2 is 2.29 bits per heavy atom. The number of nitrogens with one attached hydrogen (secondary N) is 1. The Hall–Kier alpha value is -1.38. The topological polar surface area (TPSA) is 55.2 Å². The molecule has 1 unspecified atom stereocenters. The van der Waals surface area contributed by atoms with Crippen LogP contribution in [0, 0.1) is 22.5 Å². The van der Waals surface area contributed by atoms with E-state index in [2.05, 4.69) is 27.2 Å². The van der Waals surface area contributed by atoms with Crippen LogP contribution in [-0.2, 0) is 6.54 Å². The van der Waals surface area contributed by atoms with Crippen molar-refractivity contribution < 1.29 is 4.92 Å². The van der Waals surface area contributed by atoms with Crippen molar-refractivity contribution in [3.8, 4) is 12.3 Å². The highest BCUT2D eigenvalue weighted by Crippen LogP contribution is 2.21. The first kappa shape index (κ1) is 13.7. The third-order valence-electron chi connectivity index (χ3n) is 2.32. The van der Waals surface area contributed by atoms with E-state index in [9.17, 15) is 10.1 Å². The standard InChI is InChI=1S/C12H13BrN2O2/c1-3-11(4-2)14-8-9-5-10(13)7-12(6-9)15(16)17/h1,5-7,11,14H,4,8H2,2H3. The normalized spacial score (nSPS) is 11.8. The predicted molar refractivity (Wildman–Crippen MR) is 70.5 cm³/mol. The van der Waals surface area contributed by atoms with Crippen molar-refractivity contribution >= 4 is 21.6 Å². The van der Waals surface area contributed by atoms with Gasteiger partial charge in [0.05, 0.1) is 11.0 Å². The summed E-state index contributed by atoms with van der Waals surface area (Å²) >= 11 is 3.25. The molecule has 1 rings (SSSR count). The summed E-state index contributed by atoms with van der Waals surface area (Å²) in [6.45, 7) is 2.50. The van der Waals surface area contributed by atoms with Gasteiger partial charge in [-0.05, 0) is 18.1 Å². The van der Waals surface area contributed by atoms with E-state index in [1.165, 1.54) is 6.07 Å². The lowest BCUT2D eigenvalue weighted by atomic mass is 10.1. The first-order valence-electron chi connectivity index (χ1n) is 5.20. The Kier molecular flexibility index (Phi) is 5.13. The van der Waals surface area contributed by atoms with Crippen LogP contribution in [0.3, 0.4) is 0 Å². The van der Waals surface area contributed by atoms with E-state index in [0.717, 1.165) is 12.0 Å². The average molecular weight is 297 g/mol. The summed E-state index contributed by atoms with van der Waals surface area (Å²) in [6, 6.07) is 4.85. The number of nitrogens with zero attached hydrogens (tertiary/aromatic N) is 1. The molecule has 0 amide bonds. The highest BCUT2D eigenvalue weighted by molar-refractivity contribution is 9.10. The molecule has 1 aromatic rings. The smallest absolute Gasteiger partial charge is 0.270 e. The summed E-state index contributed by atoms with van der Waals surface area (Å²) < 4.78 is 0.692. The fourth-order valence-corrected chi connectivity index (χ4v) is 1.93. The van der Waals surface area contributed by atoms with Gasteiger partial charge in [-0.1, -0.05) is 28.8 Å². The van der Waals surface area contributed by atoms with Gasteiger partial charge in [-0.3, -0.25) is 15.4 Å². The maximum absolute atomic E-state index is 10.7. The van der Waals surface area contributed by atoms with Crippen LogP contribution in [0.4, 0.5) is 5.69 Å². The van der Waals surface area contributed by atoms with Crippen LogP contribution < -0.4 is 5.32 Å². The summed E-state index contributed by atoms with van der Waals surface area (Å²) in [5.74, 6) is 2.62. The van der Waals surface area contributed by atoms with Gasteiger partial charge in [0, 0.05) is 23.2 Å². The fraction of sp³-hybridized carbons (Fsp3) is 0.333. The lowest BCUT2D eigenvalue weighted by Gasteiger charge is -2.10. The summed E-state index contributed by atoms with van der Waals surface area (Å²) in [7, 11) is 0. The van der Waals surface area contributed by atoms with E-state index >= 15 is 0 Å². The van der Waals surface area contributed by atoms with Crippen LogP contribution in [0.2, 0.25) is 0 Å². The van der Waals surface area contributed by atoms with E-state index in [1.54, 1.807) is 6.07 Å². The van der Waals surface area contributed by atoms with Crippen molar-refractivity contribution in [3.63, 3.8) is 0 Å². The minimum absolute atomic E-state index is 0.00645. The number of nitro groups is 1. The number of benzene rings is 1. The molecule has 4 nitrogen and oxygen atoms in total. The zero-order valence-electron chi connectivity index (χ0n) is 9.44. The number of rotatable bonds is 5. The molecule has 0 saturated carbocycles. The van der Waals surface area contributed by atoms with Crippen molar-refractivity contribution in [1.29, 1.82) is 0 Å². The predicted octanol–water partition coefficient (Wildman–Crippen LogP) is 2.86. The van der Waals surface area contributed by atoms with Gasteiger partial charge in [0.2, 0.25) is 0 Å². The number of nitro benzene ring substituents is 1.